The topological polar surface area (TPSA) is 80.3 Å². The first-order valence-corrected chi connectivity index (χ1v) is 8.97. The van der Waals surface area contributed by atoms with Crippen LogP contribution in [0.15, 0.2) is 36.4 Å². The molecule has 4 rings (SSSR count). The summed E-state index contributed by atoms with van der Waals surface area (Å²) < 4.78 is 6.72. The molecule has 132 valence electrons. The molecule has 2 aromatic carbocycles. The summed E-state index contributed by atoms with van der Waals surface area (Å²) in [7, 11) is 0. The Morgan fingerprint density at radius 1 is 1.27 bits per heavy atom. The van der Waals surface area contributed by atoms with Crippen LogP contribution in [0.4, 0.5) is 10.8 Å². The van der Waals surface area contributed by atoms with Crippen LogP contribution in [-0.4, -0.2) is 22.4 Å². The number of para-hydroxylation sites is 2. The highest BCUT2D eigenvalue weighted by Crippen LogP contribution is 2.35. The van der Waals surface area contributed by atoms with Gasteiger partial charge in [-0.1, -0.05) is 29.5 Å². The van der Waals surface area contributed by atoms with Gasteiger partial charge in [-0.2, -0.15) is 0 Å². The van der Waals surface area contributed by atoms with Gasteiger partial charge in [-0.25, -0.2) is 4.98 Å². The van der Waals surface area contributed by atoms with Crippen molar-refractivity contribution in [3.63, 3.8) is 0 Å². The molecule has 0 bridgehead atoms. The quantitative estimate of drug-likeness (QED) is 0.678. The molecule has 1 atom stereocenters. The first-order chi connectivity index (χ1) is 12.4. The van der Waals surface area contributed by atoms with E-state index in [1.54, 1.807) is 24.3 Å². The number of carbonyl (C=O) groups is 2. The summed E-state index contributed by atoms with van der Waals surface area (Å²) in [6.07, 6.45) is 0. The van der Waals surface area contributed by atoms with Crippen LogP contribution in [-0.2, 0) is 9.59 Å². The van der Waals surface area contributed by atoms with E-state index in [1.165, 1.54) is 18.3 Å². The molecule has 0 spiro atoms. The van der Waals surface area contributed by atoms with Crippen LogP contribution in [0.2, 0.25) is 0 Å². The maximum Gasteiger partial charge on any atom is 0.280 e. The predicted octanol–water partition coefficient (Wildman–Crippen LogP) is 3.64. The van der Waals surface area contributed by atoms with Gasteiger partial charge in [-0.05, 0) is 50.1 Å². The van der Waals surface area contributed by atoms with Crippen LogP contribution in [0, 0.1) is 13.8 Å². The van der Waals surface area contributed by atoms with Crippen molar-refractivity contribution in [2.75, 3.05) is 10.6 Å². The van der Waals surface area contributed by atoms with Crippen LogP contribution in [0.3, 0.4) is 0 Å². The number of fused-ring (bicyclic) bond motifs is 2. The molecule has 2 heterocycles. The van der Waals surface area contributed by atoms with Gasteiger partial charge < -0.3 is 10.1 Å². The number of hydrogen-bond acceptors (Lipinski definition) is 5. The number of nitrogens with zero attached hydrogens (tertiary/aromatic N) is 1. The maximum atomic E-state index is 12.8. The first kappa shape index (κ1) is 16.5. The van der Waals surface area contributed by atoms with E-state index in [-0.39, 0.29) is 0 Å². The van der Waals surface area contributed by atoms with Crippen LogP contribution >= 0.6 is 11.3 Å². The lowest BCUT2D eigenvalue weighted by molar-refractivity contribution is -0.143. The second kappa shape index (κ2) is 5.81. The minimum absolute atomic E-state index is 0.440. The fourth-order valence-corrected chi connectivity index (χ4v) is 3.99. The molecule has 26 heavy (non-hydrogen) atoms. The van der Waals surface area contributed by atoms with E-state index in [2.05, 4.69) is 15.6 Å². The lowest BCUT2D eigenvalue weighted by Gasteiger charge is -2.32. The summed E-state index contributed by atoms with van der Waals surface area (Å²) in [5, 5.41) is 5.89. The molecule has 1 aliphatic rings. The molecule has 3 aromatic rings. The standard InChI is InChI=1S/C19H17N3O3S/c1-10-8-11(2)15-14(9-10)26-18(21-15)22-17(24)19(3)16(23)20-12-6-4-5-7-13(12)25-19/h4-9H,1-3H3,(H,20,23)(H,21,22,24). The Hall–Kier alpha value is -2.93. The molecule has 2 amide bonds. The van der Waals surface area contributed by atoms with E-state index < -0.39 is 17.4 Å². The smallest absolute Gasteiger partial charge is 0.280 e. The van der Waals surface area contributed by atoms with Gasteiger partial charge in [0.15, 0.2) is 5.13 Å². The van der Waals surface area contributed by atoms with Crippen molar-refractivity contribution in [1.82, 2.24) is 4.98 Å². The van der Waals surface area contributed by atoms with E-state index >= 15 is 0 Å². The average Bonchev–Trinajstić information content (AvgIpc) is 2.98. The molecular formula is C19H17N3O3S. The largest absolute Gasteiger partial charge is 0.466 e. The summed E-state index contributed by atoms with van der Waals surface area (Å²) in [5.74, 6) is -0.611. The van der Waals surface area contributed by atoms with E-state index in [0.717, 1.165) is 21.3 Å². The zero-order valence-electron chi connectivity index (χ0n) is 14.5. The highest BCUT2D eigenvalue weighted by molar-refractivity contribution is 7.22. The molecule has 0 aliphatic carbocycles. The number of hydrogen-bond donors (Lipinski definition) is 2. The molecule has 1 aromatic heterocycles. The number of ether oxygens (including phenoxy) is 1. The Morgan fingerprint density at radius 3 is 2.85 bits per heavy atom. The molecule has 0 saturated carbocycles. The Bertz CT molecular complexity index is 1060. The highest BCUT2D eigenvalue weighted by atomic mass is 32.1. The van der Waals surface area contributed by atoms with Crippen LogP contribution in [0.1, 0.15) is 18.1 Å². The Labute approximate surface area is 154 Å². The SMILES string of the molecule is Cc1cc(C)c2nc(NC(=O)C3(C)Oc4ccccc4NC3=O)sc2c1. The van der Waals surface area contributed by atoms with Crippen molar-refractivity contribution in [1.29, 1.82) is 0 Å². The Kier molecular flexibility index (Phi) is 3.69. The van der Waals surface area contributed by atoms with E-state index in [4.69, 9.17) is 4.74 Å². The number of benzene rings is 2. The minimum Gasteiger partial charge on any atom is -0.466 e. The summed E-state index contributed by atoms with van der Waals surface area (Å²) in [4.78, 5) is 29.8. The zero-order chi connectivity index (χ0) is 18.5. The van der Waals surface area contributed by atoms with Crippen molar-refractivity contribution < 1.29 is 14.3 Å². The summed E-state index contributed by atoms with van der Waals surface area (Å²) in [6.45, 7) is 5.45. The highest BCUT2D eigenvalue weighted by Gasteiger charge is 2.47. The maximum absolute atomic E-state index is 12.8. The fraction of sp³-hybridized carbons (Fsp3) is 0.211. The normalized spacial score (nSPS) is 18.8. The number of rotatable bonds is 2. The zero-order valence-corrected chi connectivity index (χ0v) is 15.4. The summed E-state index contributed by atoms with van der Waals surface area (Å²) in [6, 6.07) is 11.1. The molecule has 0 saturated heterocycles. The first-order valence-electron chi connectivity index (χ1n) is 8.15. The van der Waals surface area contributed by atoms with Crippen molar-refractivity contribution >= 4 is 44.2 Å². The van der Waals surface area contributed by atoms with Gasteiger partial charge in [0.2, 0.25) is 0 Å². The number of aryl methyl sites for hydroxylation is 2. The van der Waals surface area contributed by atoms with E-state index in [1.807, 2.05) is 26.0 Å². The predicted molar refractivity (Wildman–Crippen MR) is 102 cm³/mol. The van der Waals surface area contributed by atoms with Crippen LogP contribution in [0.5, 0.6) is 5.75 Å². The van der Waals surface area contributed by atoms with Gasteiger partial charge in [0, 0.05) is 0 Å². The van der Waals surface area contributed by atoms with Gasteiger partial charge >= 0.3 is 0 Å². The number of aromatic nitrogens is 1. The third kappa shape index (κ3) is 2.61. The second-order valence-electron chi connectivity index (χ2n) is 6.49. The van der Waals surface area contributed by atoms with Crippen molar-refractivity contribution in [2.45, 2.75) is 26.4 Å². The van der Waals surface area contributed by atoms with Gasteiger partial charge in [-0.3, -0.25) is 14.9 Å². The minimum atomic E-state index is -1.67. The third-order valence-electron chi connectivity index (χ3n) is 4.37. The van der Waals surface area contributed by atoms with Crippen LogP contribution in [0.25, 0.3) is 10.2 Å². The fourth-order valence-electron chi connectivity index (χ4n) is 2.96. The molecule has 2 N–H and O–H groups in total. The lowest BCUT2D eigenvalue weighted by atomic mass is 10.0. The van der Waals surface area contributed by atoms with Crippen molar-refractivity contribution in [3.05, 3.63) is 47.5 Å². The summed E-state index contributed by atoms with van der Waals surface area (Å²) >= 11 is 1.37. The van der Waals surface area contributed by atoms with Gasteiger partial charge in [0.05, 0.1) is 15.9 Å². The molecule has 1 unspecified atom stereocenters. The molecule has 6 nitrogen and oxygen atoms in total. The second-order valence-corrected chi connectivity index (χ2v) is 7.52. The summed E-state index contributed by atoms with van der Waals surface area (Å²) in [5.41, 5.74) is 1.91. The van der Waals surface area contributed by atoms with Gasteiger partial charge in [0.25, 0.3) is 17.4 Å². The number of carbonyl (C=O) groups excluding carboxylic acids is 2. The van der Waals surface area contributed by atoms with E-state index in [0.29, 0.717) is 16.6 Å². The van der Waals surface area contributed by atoms with Crippen molar-refractivity contribution in [3.8, 4) is 5.75 Å². The molecule has 0 radical (unpaired) electrons. The monoisotopic (exact) mass is 367 g/mol. The number of thiazole rings is 1. The lowest BCUT2D eigenvalue weighted by Crippen LogP contribution is -2.56. The molecule has 1 aliphatic heterocycles. The molecular weight excluding hydrogens is 350 g/mol. The average molecular weight is 367 g/mol. The van der Waals surface area contributed by atoms with Gasteiger partial charge in [0.1, 0.15) is 5.75 Å². The van der Waals surface area contributed by atoms with E-state index in [9.17, 15) is 9.59 Å². The van der Waals surface area contributed by atoms with Crippen LogP contribution < -0.4 is 15.4 Å². The van der Waals surface area contributed by atoms with Crippen molar-refractivity contribution in [2.24, 2.45) is 0 Å². The number of anilines is 2. The number of amides is 2. The number of nitrogens with one attached hydrogen (secondary N) is 2. The third-order valence-corrected chi connectivity index (χ3v) is 5.28. The Morgan fingerprint density at radius 2 is 2.04 bits per heavy atom. The molecule has 0 fully saturated rings. The van der Waals surface area contributed by atoms with Gasteiger partial charge in [-0.15, -0.1) is 0 Å². The molecule has 7 heteroatoms. The Balaban J connectivity index is 1.64.